The minimum Gasteiger partial charge on any atom is -0.341 e. The smallest absolute Gasteiger partial charge is 0.239 e. The second-order valence-electron chi connectivity index (χ2n) is 8.55. The minimum atomic E-state index is -0.169. The van der Waals surface area contributed by atoms with E-state index in [0.29, 0.717) is 11.8 Å². The lowest BCUT2D eigenvalue weighted by molar-refractivity contribution is -0.137. The Hall–Kier alpha value is -1.42. The van der Waals surface area contributed by atoms with Crippen molar-refractivity contribution in [1.29, 1.82) is 0 Å². The first-order valence-corrected chi connectivity index (χ1v) is 10.5. The summed E-state index contributed by atoms with van der Waals surface area (Å²) >= 11 is 0. The van der Waals surface area contributed by atoms with Gasteiger partial charge in [0.25, 0.3) is 0 Å². The first kappa shape index (κ1) is 18.0. The molecule has 0 aromatic heterocycles. The Labute approximate surface area is 156 Å². The predicted molar refractivity (Wildman–Crippen MR) is 101 cm³/mol. The van der Waals surface area contributed by atoms with E-state index >= 15 is 0 Å². The maximum absolute atomic E-state index is 13.0. The maximum atomic E-state index is 13.0. The van der Waals surface area contributed by atoms with Crippen LogP contribution in [0.15, 0.2) is 24.3 Å². The number of nitrogens with zero attached hydrogens (tertiary/aromatic N) is 2. The van der Waals surface area contributed by atoms with Crippen LogP contribution in [0.1, 0.15) is 50.5 Å². The third kappa shape index (κ3) is 4.11. The fourth-order valence-electron chi connectivity index (χ4n) is 4.85. The molecule has 3 fully saturated rings. The standard InChI is InChI=1S/C22H31FN2O/c23-20-8-6-17(7-9-20)15-18-10-13-24(14-11-18)22(26)21-5-2-12-25(21)16-19-3-1-4-19/h6-9,18-19,21H,1-5,10-16H2/t21-/m0/s1. The largest absolute Gasteiger partial charge is 0.341 e. The number of hydrogen-bond donors (Lipinski definition) is 0. The highest BCUT2D eigenvalue weighted by Crippen LogP contribution is 2.31. The molecule has 142 valence electrons. The van der Waals surface area contributed by atoms with Crippen molar-refractivity contribution in [2.75, 3.05) is 26.2 Å². The zero-order valence-electron chi connectivity index (χ0n) is 15.7. The van der Waals surface area contributed by atoms with Crippen molar-refractivity contribution in [2.45, 2.75) is 57.4 Å². The highest BCUT2D eigenvalue weighted by molar-refractivity contribution is 5.82. The topological polar surface area (TPSA) is 23.6 Å². The molecule has 4 rings (SSSR count). The second kappa shape index (κ2) is 8.08. The summed E-state index contributed by atoms with van der Waals surface area (Å²) in [6, 6.07) is 7.02. The van der Waals surface area contributed by atoms with Gasteiger partial charge in [-0.25, -0.2) is 4.39 Å². The zero-order valence-corrected chi connectivity index (χ0v) is 15.7. The lowest BCUT2D eigenvalue weighted by Gasteiger charge is -2.37. The molecule has 1 aliphatic carbocycles. The Morgan fingerprint density at radius 3 is 2.31 bits per heavy atom. The molecule has 1 aromatic rings. The fourth-order valence-corrected chi connectivity index (χ4v) is 4.85. The summed E-state index contributed by atoms with van der Waals surface area (Å²) < 4.78 is 13.0. The van der Waals surface area contributed by atoms with Crippen LogP contribution in [0.4, 0.5) is 4.39 Å². The Kier molecular flexibility index (Phi) is 5.58. The highest BCUT2D eigenvalue weighted by Gasteiger charge is 2.36. The summed E-state index contributed by atoms with van der Waals surface area (Å²) in [5.41, 5.74) is 1.21. The molecule has 0 bridgehead atoms. The summed E-state index contributed by atoms with van der Waals surface area (Å²) in [5.74, 6) is 1.66. The van der Waals surface area contributed by atoms with Crippen molar-refractivity contribution in [3.63, 3.8) is 0 Å². The van der Waals surface area contributed by atoms with Crippen LogP contribution in [-0.4, -0.2) is 47.9 Å². The van der Waals surface area contributed by atoms with Crippen LogP contribution in [0.5, 0.6) is 0 Å². The molecule has 1 aromatic carbocycles. The van der Waals surface area contributed by atoms with Crippen molar-refractivity contribution in [3.8, 4) is 0 Å². The van der Waals surface area contributed by atoms with E-state index in [4.69, 9.17) is 0 Å². The van der Waals surface area contributed by atoms with Crippen molar-refractivity contribution in [1.82, 2.24) is 9.80 Å². The number of benzene rings is 1. The summed E-state index contributed by atoms with van der Waals surface area (Å²) in [7, 11) is 0. The third-order valence-electron chi connectivity index (χ3n) is 6.73. The lowest BCUT2D eigenvalue weighted by atomic mass is 9.85. The normalized spacial score (nSPS) is 25.4. The molecule has 4 heteroatoms. The molecular weight excluding hydrogens is 327 g/mol. The van der Waals surface area contributed by atoms with E-state index in [1.54, 1.807) is 12.1 Å². The van der Waals surface area contributed by atoms with Gasteiger partial charge in [-0.05, 0) is 81.0 Å². The van der Waals surface area contributed by atoms with Crippen molar-refractivity contribution < 1.29 is 9.18 Å². The van der Waals surface area contributed by atoms with Crippen molar-refractivity contribution in [2.24, 2.45) is 11.8 Å². The summed E-state index contributed by atoms with van der Waals surface area (Å²) in [5, 5.41) is 0. The third-order valence-corrected chi connectivity index (χ3v) is 6.73. The molecule has 1 saturated carbocycles. The van der Waals surface area contributed by atoms with E-state index < -0.39 is 0 Å². The number of rotatable bonds is 5. The van der Waals surface area contributed by atoms with Crippen LogP contribution < -0.4 is 0 Å². The van der Waals surface area contributed by atoms with Gasteiger partial charge in [0.2, 0.25) is 5.91 Å². The molecule has 0 N–H and O–H groups in total. The Balaban J connectivity index is 1.26. The number of piperidine rings is 1. The van der Waals surface area contributed by atoms with Crippen LogP contribution in [0.2, 0.25) is 0 Å². The van der Waals surface area contributed by atoms with E-state index in [1.165, 1.54) is 31.2 Å². The number of amides is 1. The average molecular weight is 359 g/mol. The average Bonchev–Trinajstić information content (AvgIpc) is 3.08. The van der Waals surface area contributed by atoms with Crippen LogP contribution in [0, 0.1) is 17.7 Å². The summed E-state index contributed by atoms with van der Waals surface area (Å²) in [4.78, 5) is 17.6. The van der Waals surface area contributed by atoms with Gasteiger partial charge in [-0.15, -0.1) is 0 Å². The van der Waals surface area contributed by atoms with Gasteiger partial charge < -0.3 is 4.90 Å². The molecule has 1 amide bonds. The number of hydrogen-bond acceptors (Lipinski definition) is 2. The number of carbonyl (C=O) groups excluding carboxylic acids is 1. The number of likely N-dealkylation sites (tertiary alicyclic amines) is 2. The summed E-state index contributed by atoms with van der Waals surface area (Å²) in [6.07, 6.45) is 9.43. The van der Waals surface area contributed by atoms with Crippen LogP contribution in [0.25, 0.3) is 0 Å². The van der Waals surface area contributed by atoms with Gasteiger partial charge in [0.05, 0.1) is 6.04 Å². The minimum absolute atomic E-state index is 0.143. The first-order valence-electron chi connectivity index (χ1n) is 10.5. The van der Waals surface area contributed by atoms with E-state index in [2.05, 4.69) is 9.80 Å². The SMILES string of the molecule is O=C([C@@H]1CCCN1CC1CCC1)N1CCC(Cc2ccc(F)cc2)CC1. The van der Waals surface area contributed by atoms with E-state index in [0.717, 1.165) is 57.8 Å². The number of halogens is 1. The second-order valence-corrected chi connectivity index (χ2v) is 8.55. The van der Waals surface area contributed by atoms with Gasteiger partial charge in [-0.2, -0.15) is 0 Å². The molecule has 3 nitrogen and oxygen atoms in total. The van der Waals surface area contributed by atoms with E-state index in [-0.39, 0.29) is 11.9 Å². The molecule has 2 saturated heterocycles. The highest BCUT2D eigenvalue weighted by atomic mass is 19.1. The van der Waals surface area contributed by atoms with Crippen LogP contribution in [0.3, 0.4) is 0 Å². The van der Waals surface area contributed by atoms with Gasteiger partial charge in [-0.3, -0.25) is 9.69 Å². The van der Waals surface area contributed by atoms with E-state index in [9.17, 15) is 9.18 Å². The number of carbonyl (C=O) groups is 1. The van der Waals surface area contributed by atoms with Gasteiger partial charge >= 0.3 is 0 Å². The van der Waals surface area contributed by atoms with Gasteiger partial charge in [-0.1, -0.05) is 18.6 Å². The molecule has 1 atom stereocenters. The predicted octanol–water partition coefficient (Wildman–Crippen LogP) is 3.87. The molecule has 0 radical (unpaired) electrons. The van der Waals surface area contributed by atoms with Gasteiger partial charge in [0.1, 0.15) is 5.82 Å². The lowest BCUT2D eigenvalue weighted by Crippen LogP contribution is -2.49. The summed E-state index contributed by atoms with van der Waals surface area (Å²) in [6.45, 7) is 4.02. The maximum Gasteiger partial charge on any atom is 0.239 e. The Morgan fingerprint density at radius 1 is 0.923 bits per heavy atom. The quantitative estimate of drug-likeness (QED) is 0.798. The first-order chi connectivity index (χ1) is 12.7. The van der Waals surface area contributed by atoms with Crippen molar-refractivity contribution in [3.05, 3.63) is 35.6 Å². The van der Waals surface area contributed by atoms with E-state index in [1.807, 2.05) is 12.1 Å². The molecule has 2 aliphatic heterocycles. The molecule has 0 unspecified atom stereocenters. The molecule has 3 aliphatic rings. The van der Waals surface area contributed by atoms with Gasteiger partial charge in [0.15, 0.2) is 0 Å². The molecule has 2 heterocycles. The van der Waals surface area contributed by atoms with Gasteiger partial charge in [0, 0.05) is 19.6 Å². The van der Waals surface area contributed by atoms with Crippen LogP contribution >= 0.6 is 0 Å². The Bertz CT molecular complexity index is 605. The zero-order chi connectivity index (χ0) is 17.9. The molecule has 0 spiro atoms. The molecular formula is C22H31FN2O. The van der Waals surface area contributed by atoms with Crippen LogP contribution in [-0.2, 0) is 11.2 Å². The monoisotopic (exact) mass is 358 g/mol. The Morgan fingerprint density at radius 2 is 1.65 bits per heavy atom. The molecule has 26 heavy (non-hydrogen) atoms. The fraction of sp³-hybridized carbons (Fsp3) is 0.682. The van der Waals surface area contributed by atoms with Crippen molar-refractivity contribution >= 4 is 5.91 Å².